The zero-order valence-electron chi connectivity index (χ0n) is 13.2. The summed E-state index contributed by atoms with van der Waals surface area (Å²) < 4.78 is 0. The van der Waals surface area contributed by atoms with E-state index >= 15 is 0 Å². The zero-order valence-corrected chi connectivity index (χ0v) is 13.2. The molecule has 0 aliphatic rings. The Morgan fingerprint density at radius 1 is 1.14 bits per heavy atom. The minimum Gasteiger partial charge on any atom is -0.378 e. The molecule has 0 spiro atoms. The maximum atomic E-state index is 4.46. The van der Waals surface area contributed by atoms with Crippen molar-refractivity contribution in [2.24, 2.45) is 0 Å². The average molecular weight is 283 g/mol. The summed E-state index contributed by atoms with van der Waals surface area (Å²) in [5, 5.41) is 3.64. The van der Waals surface area contributed by atoms with Crippen molar-refractivity contribution in [2.45, 2.75) is 25.8 Å². The lowest BCUT2D eigenvalue weighted by Crippen LogP contribution is -2.24. The van der Waals surface area contributed by atoms with E-state index in [1.807, 2.05) is 12.3 Å². The molecule has 1 unspecified atom stereocenters. The van der Waals surface area contributed by atoms with Crippen molar-refractivity contribution in [3.63, 3.8) is 0 Å². The molecule has 1 heterocycles. The van der Waals surface area contributed by atoms with Gasteiger partial charge in [0.05, 0.1) is 0 Å². The SMILES string of the molecule is CCCNC(Cc1ccccn1)c1cccc(N(C)C)c1. The van der Waals surface area contributed by atoms with Crippen LogP contribution in [-0.2, 0) is 6.42 Å². The quantitative estimate of drug-likeness (QED) is 0.844. The molecule has 0 radical (unpaired) electrons. The maximum Gasteiger partial charge on any atom is 0.0422 e. The van der Waals surface area contributed by atoms with Gasteiger partial charge in [-0.2, -0.15) is 0 Å². The lowest BCUT2D eigenvalue weighted by atomic mass is 10.0. The number of aromatic nitrogens is 1. The van der Waals surface area contributed by atoms with Crippen LogP contribution in [0.25, 0.3) is 0 Å². The number of benzene rings is 1. The van der Waals surface area contributed by atoms with E-state index < -0.39 is 0 Å². The first-order valence-electron chi connectivity index (χ1n) is 7.61. The standard InChI is InChI=1S/C18H25N3/c1-4-11-20-18(14-16-9-5-6-12-19-16)15-8-7-10-17(13-15)21(2)3/h5-10,12-13,18,20H,4,11,14H2,1-3H3. The van der Waals surface area contributed by atoms with Crippen LogP contribution in [0.4, 0.5) is 5.69 Å². The highest BCUT2D eigenvalue weighted by atomic mass is 15.1. The van der Waals surface area contributed by atoms with Crippen LogP contribution in [0.3, 0.4) is 0 Å². The molecule has 3 nitrogen and oxygen atoms in total. The van der Waals surface area contributed by atoms with Crippen LogP contribution in [0.15, 0.2) is 48.7 Å². The second-order valence-electron chi connectivity index (χ2n) is 5.52. The fourth-order valence-corrected chi connectivity index (χ4v) is 2.37. The first-order chi connectivity index (χ1) is 10.2. The van der Waals surface area contributed by atoms with Gasteiger partial charge < -0.3 is 10.2 Å². The van der Waals surface area contributed by atoms with Gasteiger partial charge in [-0.25, -0.2) is 0 Å². The lowest BCUT2D eigenvalue weighted by molar-refractivity contribution is 0.524. The van der Waals surface area contributed by atoms with Crippen LogP contribution in [0.1, 0.15) is 30.6 Å². The molecule has 0 aliphatic heterocycles. The van der Waals surface area contributed by atoms with Crippen molar-refractivity contribution in [1.29, 1.82) is 0 Å². The fraction of sp³-hybridized carbons (Fsp3) is 0.389. The molecule has 0 aliphatic carbocycles. The smallest absolute Gasteiger partial charge is 0.0422 e. The van der Waals surface area contributed by atoms with Crippen LogP contribution in [-0.4, -0.2) is 25.6 Å². The van der Waals surface area contributed by atoms with Gasteiger partial charge in [0, 0.05) is 44.1 Å². The minimum atomic E-state index is 0.305. The molecule has 0 saturated carbocycles. The molecule has 1 N–H and O–H groups in total. The second kappa shape index (κ2) is 7.79. The normalized spacial score (nSPS) is 12.1. The number of nitrogens with one attached hydrogen (secondary N) is 1. The van der Waals surface area contributed by atoms with Crippen molar-refractivity contribution >= 4 is 5.69 Å². The molecular weight excluding hydrogens is 258 g/mol. The number of anilines is 1. The Bertz CT molecular complexity index is 537. The Hall–Kier alpha value is -1.87. The summed E-state index contributed by atoms with van der Waals surface area (Å²) in [7, 11) is 4.15. The van der Waals surface area contributed by atoms with Crippen molar-refractivity contribution in [3.05, 3.63) is 59.9 Å². The van der Waals surface area contributed by atoms with Crippen LogP contribution in [0.5, 0.6) is 0 Å². The number of rotatable bonds is 7. The van der Waals surface area contributed by atoms with E-state index in [4.69, 9.17) is 0 Å². The van der Waals surface area contributed by atoms with Gasteiger partial charge in [-0.1, -0.05) is 25.1 Å². The summed E-state index contributed by atoms with van der Waals surface area (Å²) in [6, 6.07) is 15.1. The van der Waals surface area contributed by atoms with Crippen LogP contribution in [0, 0.1) is 0 Å². The van der Waals surface area contributed by atoms with Crippen LogP contribution >= 0.6 is 0 Å². The highest BCUT2D eigenvalue weighted by Crippen LogP contribution is 2.22. The van der Waals surface area contributed by atoms with E-state index in [9.17, 15) is 0 Å². The summed E-state index contributed by atoms with van der Waals surface area (Å²) in [5.41, 5.74) is 3.68. The van der Waals surface area contributed by atoms with E-state index in [1.165, 1.54) is 11.3 Å². The minimum absolute atomic E-state index is 0.305. The van der Waals surface area contributed by atoms with Gasteiger partial charge in [-0.15, -0.1) is 0 Å². The Morgan fingerprint density at radius 3 is 2.67 bits per heavy atom. The van der Waals surface area contributed by atoms with Gasteiger partial charge in [0.15, 0.2) is 0 Å². The molecule has 2 rings (SSSR count). The van der Waals surface area contributed by atoms with Crippen molar-refractivity contribution < 1.29 is 0 Å². The Morgan fingerprint density at radius 2 is 2.00 bits per heavy atom. The Balaban J connectivity index is 2.20. The molecule has 1 aromatic heterocycles. The highest BCUT2D eigenvalue weighted by molar-refractivity contribution is 5.48. The molecule has 0 fully saturated rings. The molecular formula is C18H25N3. The zero-order chi connectivity index (χ0) is 15.1. The topological polar surface area (TPSA) is 28.2 Å². The van der Waals surface area contributed by atoms with Crippen LogP contribution < -0.4 is 10.2 Å². The molecule has 0 saturated heterocycles. The predicted octanol–water partition coefficient (Wildman–Crippen LogP) is 3.43. The van der Waals surface area contributed by atoms with E-state index in [-0.39, 0.29) is 0 Å². The van der Waals surface area contributed by atoms with Crippen molar-refractivity contribution in [2.75, 3.05) is 25.5 Å². The molecule has 21 heavy (non-hydrogen) atoms. The Labute approximate surface area is 128 Å². The summed E-state index contributed by atoms with van der Waals surface area (Å²) >= 11 is 0. The maximum absolute atomic E-state index is 4.46. The summed E-state index contributed by atoms with van der Waals surface area (Å²) in [6.07, 6.45) is 3.91. The van der Waals surface area contributed by atoms with Gasteiger partial charge in [0.25, 0.3) is 0 Å². The van der Waals surface area contributed by atoms with E-state index in [2.05, 4.69) is 72.6 Å². The third-order valence-corrected chi connectivity index (χ3v) is 3.57. The summed E-state index contributed by atoms with van der Waals surface area (Å²) in [5.74, 6) is 0. The summed E-state index contributed by atoms with van der Waals surface area (Å²) in [4.78, 5) is 6.60. The number of nitrogens with zero attached hydrogens (tertiary/aromatic N) is 2. The van der Waals surface area contributed by atoms with E-state index in [0.717, 1.165) is 25.1 Å². The third kappa shape index (κ3) is 4.57. The Kier molecular flexibility index (Phi) is 5.76. The molecule has 0 amide bonds. The van der Waals surface area contributed by atoms with Gasteiger partial charge in [0.1, 0.15) is 0 Å². The number of hydrogen-bond donors (Lipinski definition) is 1. The molecule has 1 atom stereocenters. The van der Waals surface area contributed by atoms with Gasteiger partial charge >= 0.3 is 0 Å². The molecule has 112 valence electrons. The first-order valence-corrected chi connectivity index (χ1v) is 7.61. The average Bonchev–Trinajstić information content (AvgIpc) is 2.52. The highest BCUT2D eigenvalue weighted by Gasteiger charge is 2.13. The molecule has 0 bridgehead atoms. The molecule has 3 heteroatoms. The van der Waals surface area contributed by atoms with E-state index in [0.29, 0.717) is 6.04 Å². The van der Waals surface area contributed by atoms with Gasteiger partial charge in [-0.05, 0) is 42.8 Å². The van der Waals surface area contributed by atoms with Crippen molar-refractivity contribution in [3.8, 4) is 0 Å². The fourth-order valence-electron chi connectivity index (χ4n) is 2.37. The molecule has 2 aromatic rings. The number of pyridine rings is 1. The van der Waals surface area contributed by atoms with E-state index in [1.54, 1.807) is 0 Å². The van der Waals surface area contributed by atoms with Crippen molar-refractivity contribution in [1.82, 2.24) is 10.3 Å². The van der Waals surface area contributed by atoms with Gasteiger partial charge in [-0.3, -0.25) is 4.98 Å². The van der Waals surface area contributed by atoms with Gasteiger partial charge in [0.2, 0.25) is 0 Å². The van der Waals surface area contributed by atoms with Crippen LogP contribution in [0.2, 0.25) is 0 Å². The molecule has 1 aromatic carbocycles. The monoisotopic (exact) mass is 283 g/mol. The summed E-state index contributed by atoms with van der Waals surface area (Å²) in [6.45, 7) is 3.21. The first kappa shape index (κ1) is 15.5. The predicted molar refractivity (Wildman–Crippen MR) is 89.7 cm³/mol. The lowest BCUT2D eigenvalue weighted by Gasteiger charge is -2.21. The second-order valence-corrected chi connectivity index (χ2v) is 5.52. The largest absolute Gasteiger partial charge is 0.378 e. The third-order valence-electron chi connectivity index (χ3n) is 3.57. The number of hydrogen-bond acceptors (Lipinski definition) is 3.